The second kappa shape index (κ2) is 11.6. The van der Waals surface area contributed by atoms with Gasteiger partial charge in [0.1, 0.15) is 5.69 Å². The highest BCUT2D eigenvalue weighted by molar-refractivity contribution is 7.19. The van der Waals surface area contributed by atoms with Crippen molar-refractivity contribution in [3.05, 3.63) is 46.1 Å². The number of alkyl halides is 3. The average molecular weight is 659 g/mol. The van der Waals surface area contributed by atoms with Crippen molar-refractivity contribution >= 4 is 64.1 Å². The van der Waals surface area contributed by atoms with Crippen LogP contribution in [0.1, 0.15) is 53.7 Å². The zero-order valence-corrected chi connectivity index (χ0v) is 26.4. The minimum Gasteiger partial charge on any atom is -0.337 e. The maximum Gasteiger partial charge on any atom is 0.433 e. The van der Waals surface area contributed by atoms with Gasteiger partial charge < -0.3 is 10.2 Å². The van der Waals surface area contributed by atoms with Crippen LogP contribution in [0, 0.1) is 24.2 Å². The van der Waals surface area contributed by atoms with Gasteiger partial charge in [-0.1, -0.05) is 20.8 Å². The summed E-state index contributed by atoms with van der Waals surface area (Å²) in [4.78, 5) is 51.6. The maximum absolute atomic E-state index is 13.9. The molecule has 2 aliphatic heterocycles. The van der Waals surface area contributed by atoms with E-state index < -0.39 is 11.9 Å². The molecular formula is C29H32Cl2F3N5O3S. The Bertz CT molecular complexity index is 1590. The molecule has 3 atom stereocenters. The number of likely N-dealkylation sites (tertiary alicyclic amines) is 2. The van der Waals surface area contributed by atoms with E-state index in [0.717, 1.165) is 19.0 Å². The van der Waals surface area contributed by atoms with Crippen LogP contribution in [0.15, 0.2) is 24.4 Å². The van der Waals surface area contributed by atoms with Crippen molar-refractivity contribution in [2.45, 2.75) is 52.9 Å². The van der Waals surface area contributed by atoms with E-state index in [1.807, 2.05) is 20.8 Å². The van der Waals surface area contributed by atoms with E-state index in [-0.39, 0.29) is 89.2 Å². The molecule has 14 heteroatoms. The van der Waals surface area contributed by atoms with Gasteiger partial charge in [-0.25, -0.2) is 4.98 Å². The van der Waals surface area contributed by atoms with Crippen molar-refractivity contribution in [3.8, 4) is 11.3 Å². The summed E-state index contributed by atoms with van der Waals surface area (Å²) in [6.45, 7) is 9.08. The van der Waals surface area contributed by atoms with Gasteiger partial charge in [0, 0.05) is 35.8 Å². The fourth-order valence-electron chi connectivity index (χ4n) is 6.41. The van der Waals surface area contributed by atoms with E-state index in [1.165, 1.54) is 29.4 Å². The number of carbonyl (C=O) groups excluding carboxylic acids is 3. The summed E-state index contributed by atoms with van der Waals surface area (Å²) >= 11 is 1.24. The Morgan fingerprint density at radius 2 is 1.84 bits per heavy atom. The first-order chi connectivity index (χ1) is 19.3. The second-order valence-electron chi connectivity index (χ2n) is 11.7. The third kappa shape index (κ3) is 5.51. The molecule has 3 aliphatic rings. The first-order valence-corrected chi connectivity index (χ1v) is 14.5. The molecule has 5 heterocycles. The SMILES string of the molecule is CCN[C@H]1CCN(C(=O)c2c(C)cc(C(F)(F)F)nc2-c2ccnc3cc(CN4C(=O)C5C(C4=O)C5(C)C)sc23)C1.Cl.Cl. The monoisotopic (exact) mass is 657 g/mol. The number of aromatic nitrogens is 2. The summed E-state index contributed by atoms with van der Waals surface area (Å²) in [6.07, 6.45) is -2.48. The highest BCUT2D eigenvalue weighted by atomic mass is 35.5. The third-order valence-corrected chi connectivity index (χ3v) is 9.76. The highest BCUT2D eigenvalue weighted by Crippen LogP contribution is 2.63. The van der Waals surface area contributed by atoms with Crippen molar-refractivity contribution in [1.29, 1.82) is 0 Å². The number of hydrogen-bond donors (Lipinski definition) is 1. The first kappa shape index (κ1) is 33.1. The molecule has 1 saturated carbocycles. The summed E-state index contributed by atoms with van der Waals surface area (Å²) < 4.78 is 42.2. The van der Waals surface area contributed by atoms with Gasteiger partial charge >= 0.3 is 6.18 Å². The standard InChI is InChI=1S/C29H30F3N5O3S.2ClH/c1-5-33-15-7-9-36(12-15)25(38)20-14(2)10-19(29(30,31)32)35-23(20)17-6-8-34-18-11-16(41-24(17)18)13-37-26(39)21-22(27(37)40)28(21,3)4;;/h6,8,10-11,15,21-22,33H,5,7,9,12-13H2,1-4H3;2*1H/t15-,21?,22?;;/m0../s1. The Morgan fingerprint density at radius 3 is 2.47 bits per heavy atom. The molecule has 0 spiro atoms. The normalized spacial score (nSPS) is 22.4. The Balaban J connectivity index is 0.00000212. The molecule has 43 heavy (non-hydrogen) atoms. The summed E-state index contributed by atoms with van der Waals surface area (Å²) in [5.74, 6) is -1.36. The molecule has 2 unspecified atom stereocenters. The number of piperidine rings is 1. The van der Waals surface area contributed by atoms with Crippen LogP contribution < -0.4 is 5.32 Å². The molecule has 0 bridgehead atoms. The van der Waals surface area contributed by atoms with Crippen LogP contribution in [0.3, 0.4) is 0 Å². The highest BCUT2D eigenvalue weighted by Gasteiger charge is 2.72. The molecule has 1 aliphatic carbocycles. The predicted octanol–water partition coefficient (Wildman–Crippen LogP) is 5.49. The molecule has 2 saturated heterocycles. The van der Waals surface area contributed by atoms with Crippen LogP contribution in [-0.2, 0) is 22.3 Å². The lowest BCUT2D eigenvalue weighted by molar-refractivity contribution is -0.144. The second-order valence-corrected chi connectivity index (χ2v) is 12.8. The van der Waals surface area contributed by atoms with E-state index >= 15 is 0 Å². The largest absolute Gasteiger partial charge is 0.433 e. The van der Waals surface area contributed by atoms with Crippen molar-refractivity contribution < 1.29 is 27.6 Å². The number of rotatable bonds is 6. The number of imide groups is 1. The van der Waals surface area contributed by atoms with Crippen LogP contribution in [0.4, 0.5) is 13.2 Å². The van der Waals surface area contributed by atoms with Crippen molar-refractivity contribution in [2.24, 2.45) is 17.3 Å². The average Bonchev–Trinajstić information content (AvgIpc) is 3.31. The quantitative estimate of drug-likeness (QED) is 0.352. The van der Waals surface area contributed by atoms with Gasteiger partial charge in [-0.2, -0.15) is 13.2 Å². The van der Waals surface area contributed by atoms with E-state index in [4.69, 9.17) is 0 Å². The van der Waals surface area contributed by atoms with Crippen LogP contribution in [0.2, 0.25) is 0 Å². The van der Waals surface area contributed by atoms with E-state index in [0.29, 0.717) is 33.7 Å². The Kier molecular flexibility index (Phi) is 8.94. The van der Waals surface area contributed by atoms with Crippen LogP contribution >= 0.6 is 36.2 Å². The number of aryl methyl sites for hydroxylation is 1. The smallest absolute Gasteiger partial charge is 0.337 e. The van der Waals surface area contributed by atoms with Gasteiger partial charge in [-0.15, -0.1) is 36.2 Å². The number of amides is 3. The zero-order chi connectivity index (χ0) is 29.4. The Hall–Kier alpha value is -2.80. The fraction of sp³-hybridized carbons (Fsp3) is 0.483. The van der Waals surface area contributed by atoms with E-state index in [1.54, 1.807) is 17.0 Å². The molecule has 0 aromatic carbocycles. The van der Waals surface area contributed by atoms with Crippen molar-refractivity contribution in [2.75, 3.05) is 19.6 Å². The summed E-state index contributed by atoms with van der Waals surface area (Å²) in [7, 11) is 0. The minimum atomic E-state index is -4.71. The molecular weight excluding hydrogens is 626 g/mol. The maximum atomic E-state index is 13.9. The van der Waals surface area contributed by atoms with Gasteiger partial charge in [0.25, 0.3) is 5.91 Å². The third-order valence-electron chi connectivity index (χ3n) is 8.61. The van der Waals surface area contributed by atoms with Crippen LogP contribution in [-0.4, -0.2) is 63.2 Å². The number of nitrogens with one attached hydrogen (secondary N) is 1. The van der Waals surface area contributed by atoms with Crippen LogP contribution in [0.25, 0.3) is 21.5 Å². The van der Waals surface area contributed by atoms with Crippen molar-refractivity contribution in [3.63, 3.8) is 0 Å². The van der Waals surface area contributed by atoms with Gasteiger partial charge in [0.2, 0.25) is 11.8 Å². The molecule has 0 radical (unpaired) electrons. The number of likely N-dealkylation sites (N-methyl/N-ethyl adjacent to an activating group) is 1. The van der Waals surface area contributed by atoms with E-state index in [9.17, 15) is 27.6 Å². The number of thiophene rings is 1. The Morgan fingerprint density at radius 1 is 1.16 bits per heavy atom. The van der Waals surface area contributed by atoms with Gasteiger partial charge in [-0.3, -0.25) is 24.3 Å². The number of nitrogens with zero attached hydrogens (tertiary/aromatic N) is 4. The van der Waals surface area contributed by atoms with Gasteiger partial charge in [0.15, 0.2) is 0 Å². The number of hydrogen-bond acceptors (Lipinski definition) is 7. The lowest BCUT2D eigenvalue weighted by Gasteiger charge is -2.21. The first-order valence-electron chi connectivity index (χ1n) is 13.7. The van der Waals surface area contributed by atoms with E-state index in [2.05, 4.69) is 15.3 Å². The molecule has 3 amide bonds. The van der Waals surface area contributed by atoms with Crippen molar-refractivity contribution in [1.82, 2.24) is 25.1 Å². The lowest BCUT2D eigenvalue weighted by atomic mass is 9.99. The lowest BCUT2D eigenvalue weighted by Crippen LogP contribution is -2.35. The van der Waals surface area contributed by atoms with Gasteiger partial charge in [0.05, 0.1) is 39.9 Å². The molecule has 1 N–H and O–H groups in total. The molecule has 232 valence electrons. The number of carbonyl (C=O) groups is 3. The molecule has 8 nitrogen and oxygen atoms in total. The van der Waals surface area contributed by atoms with Gasteiger partial charge in [-0.05, 0) is 49.1 Å². The molecule has 3 fully saturated rings. The van der Waals surface area contributed by atoms with Crippen LogP contribution in [0.5, 0.6) is 0 Å². The summed E-state index contributed by atoms with van der Waals surface area (Å²) in [5, 5.41) is 3.33. The Labute approximate surface area is 263 Å². The molecule has 3 aromatic heterocycles. The number of fused-ring (bicyclic) bond motifs is 2. The topological polar surface area (TPSA) is 95.5 Å². The molecule has 6 rings (SSSR count). The minimum absolute atomic E-state index is 0. The summed E-state index contributed by atoms with van der Waals surface area (Å²) in [6, 6.07) is 4.35. The molecule has 3 aromatic rings. The number of halogens is 5. The zero-order valence-electron chi connectivity index (χ0n) is 23.9. The summed E-state index contributed by atoms with van der Waals surface area (Å²) in [5.41, 5.74) is -0.278. The predicted molar refractivity (Wildman–Crippen MR) is 161 cm³/mol. The fourth-order valence-corrected chi connectivity index (χ4v) is 7.53. The number of pyridine rings is 2.